The number of rotatable bonds is 7. The van der Waals surface area contributed by atoms with Gasteiger partial charge in [0.2, 0.25) is 0 Å². The van der Waals surface area contributed by atoms with E-state index in [0.717, 1.165) is 6.07 Å². The minimum absolute atomic E-state index is 0.0359. The Labute approximate surface area is 187 Å². The molecule has 3 rings (SSSR count). The fourth-order valence-electron chi connectivity index (χ4n) is 2.71. The second kappa shape index (κ2) is 9.88. The number of anilines is 2. The summed E-state index contributed by atoms with van der Waals surface area (Å²) in [6.45, 7) is 1.45. The Bertz CT molecular complexity index is 1190. The lowest BCUT2D eigenvalue weighted by Gasteiger charge is -2.15. The summed E-state index contributed by atoms with van der Waals surface area (Å²) in [4.78, 5) is 35.5. The number of carbonyl (C=O) groups is 2. The van der Waals surface area contributed by atoms with Crippen LogP contribution in [0.25, 0.3) is 0 Å². The predicted octanol–water partition coefficient (Wildman–Crippen LogP) is 5.05. The molecular formula is C22H17ClFN3O5. The van der Waals surface area contributed by atoms with Gasteiger partial charge >= 0.3 is 5.69 Å². The van der Waals surface area contributed by atoms with Crippen molar-refractivity contribution in [3.63, 3.8) is 0 Å². The maximum absolute atomic E-state index is 13.3. The molecule has 0 heterocycles. The van der Waals surface area contributed by atoms with E-state index in [4.69, 9.17) is 16.3 Å². The molecule has 0 aliphatic heterocycles. The lowest BCUT2D eigenvalue weighted by atomic mass is 10.1. The molecule has 10 heteroatoms. The zero-order valence-corrected chi connectivity index (χ0v) is 17.4. The van der Waals surface area contributed by atoms with Crippen molar-refractivity contribution in [3.8, 4) is 5.75 Å². The van der Waals surface area contributed by atoms with Crippen LogP contribution in [0.4, 0.5) is 21.5 Å². The molecule has 32 heavy (non-hydrogen) atoms. The SMILES string of the molecule is CC(Oc1ccccc1[N+](=O)[O-])C(=O)Nc1cccc(C(=O)Nc2ccc(F)c(Cl)c2)c1. The van der Waals surface area contributed by atoms with Crippen molar-refractivity contribution < 1.29 is 23.6 Å². The normalized spacial score (nSPS) is 11.3. The lowest BCUT2D eigenvalue weighted by Crippen LogP contribution is -2.30. The number of carbonyl (C=O) groups excluding carboxylic acids is 2. The van der Waals surface area contributed by atoms with E-state index in [-0.39, 0.29) is 22.0 Å². The number of hydrogen-bond acceptors (Lipinski definition) is 5. The number of amides is 2. The largest absolute Gasteiger partial charge is 0.474 e. The third kappa shape index (κ3) is 5.58. The Kier molecular flexibility index (Phi) is 7.01. The highest BCUT2D eigenvalue weighted by molar-refractivity contribution is 6.31. The number of ether oxygens (including phenoxy) is 1. The molecule has 0 saturated carbocycles. The zero-order valence-electron chi connectivity index (χ0n) is 16.7. The lowest BCUT2D eigenvalue weighted by molar-refractivity contribution is -0.386. The van der Waals surface area contributed by atoms with E-state index in [9.17, 15) is 24.1 Å². The number of benzene rings is 3. The molecule has 0 aliphatic rings. The number of nitro benzene ring substituents is 1. The van der Waals surface area contributed by atoms with Crippen LogP contribution in [0.2, 0.25) is 5.02 Å². The number of nitrogens with one attached hydrogen (secondary N) is 2. The first-order chi connectivity index (χ1) is 15.2. The molecule has 2 N–H and O–H groups in total. The summed E-state index contributed by atoms with van der Waals surface area (Å²) in [6.07, 6.45) is -1.05. The number of halogens is 2. The fourth-order valence-corrected chi connectivity index (χ4v) is 2.89. The molecule has 1 unspecified atom stereocenters. The minimum atomic E-state index is -1.05. The van der Waals surface area contributed by atoms with E-state index in [1.165, 1.54) is 49.4 Å². The number of nitro groups is 1. The molecule has 0 saturated heterocycles. The number of nitrogens with zero attached hydrogens (tertiary/aromatic N) is 1. The van der Waals surface area contributed by atoms with Crippen molar-refractivity contribution in [3.05, 3.63) is 93.2 Å². The Balaban J connectivity index is 1.67. The molecule has 0 aliphatic carbocycles. The number of hydrogen-bond donors (Lipinski definition) is 2. The van der Waals surface area contributed by atoms with Crippen LogP contribution in [0.5, 0.6) is 5.75 Å². The standard InChI is InChI=1S/C22H17ClFN3O5/c1-13(32-20-8-3-2-7-19(20)27(30)31)21(28)25-15-6-4-5-14(11-15)22(29)26-16-9-10-18(24)17(23)12-16/h2-13H,1H3,(H,25,28)(H,26,29). The van der Waals surface area contributed by atoms with Crippen molar-refractivity contribution >= 4 is 40.5 Å². The molecule has 0 fully saturated rings. The first-order valence-electron chi connectivity index (χ1n) is 9.32. The summed E-state index contributed by atoms with van der Waals surface area (Å²) in [5, 5.41) is 16.2. The van der Waals surface area contributed by atoms with Gasteiger partial charge in [0.1, 0.15) is 5.82 Å². The van der Waals surface area contributed by atoms with Gasteiger partial charge in [0.25, 0.3) is 11.8 Å². The Morgan fingerprint density at radius 3 is 2.47 bits per heavy atom. The monoisotopic (exact) mass is 457 g/mol. The van der Waals surface area contributed by atoms with Gasteiger partial charge in [0, 0.05) is 23.0 Å². The van der Waals surface area contributed by atoms with Crippen molar-refractivity contribution in [2.75, 3.05) is 10.6 Å². The summed E-state index contributed by atoms with van der Waals surface area (Å²) in [6, 6.07) is 15.6. The van der Waals surface area contributed by atoms with Gasteiger partial charge in [0.05, 0.1) is 9.95 Å². The van der Waals surface area contributed by atoms with Crippen LogP contribution in [0, 0.1) is 15.9 Å². The predicted molar refractivity (Wildman–Crippen MR) is 118 cm³/mol. The zero-order chi connectivity index (χ0) is 23.3. The summed E-state index contributed by atoms with van der Waals surface area (Å²) < 4.78 is 18.7. The molecule has 164 valence electrons. The van der Waals surface area contributed by atoms with Crippen LogP contribution in [0.3, 0.4) is 0 Å². The van der Waals surface area contributed by atoms with Crippen LogP contribution in [-0.4, -0.2) is 22.8 Å². The van der Waals surface area contributed by atoms with E-state index in [2.05, 4.69) is 10.6 Å². The van der Waals surface area contributed by atoms with Gasteiger partial charge in [-0.2, -0.15) is 0 Å². The third-order valence-corrected chi connectivity index (χ3v) is 4.59. The van der Waals surface area contributed by atoms with Crippen LogP contribution in [0.15, 0.2) is 66.7 Å². The second-order valence-electron chi connectivity index (χ2n) is 6.64. The van der Waals surface area contributed by atoms with Gasteiger partial charge in [-0.1, -0.05) is 29.8 Å². The molecule has 0 radical (unpaired) electrons. The average Bonchev–Trinajstić information content (AvgIpc) is 2.76. The average molecular weight is 458 g/mol. The first kappa shape index (κ1) is 22.7. The maximum atomic E-state index is 13.3. The van der Waals surface area contributed by atoms with Crippen LogP contribution in [-0.2, 0) is 4.79 Å². The molecule has 1 atom stereocenters. The van der Waals surface area contributed by atoms with Crippen LogP contribution in [0.1, 0.15) is 17.3 Å². The Morgan fingerprint density at radius 1 is 1.03 bits per heavy atom. The minimum Gasteiger partial charge on any atom is -0.474 e. The molecular weight excluding hydrogens is 441 g/mol. The smallest absolute Gasteiger partial charge is 0.310 e. The van der Waals surface area contributed by atoms with Crippen molar-refractivity contribution in [1.82, 2.24) is 0 Å². The van der Waals surface area contributed by atoms with Gasteiger partial charge in [0.15, 0.2) is 11.9 Å². The Hall–Kier alpha value is -3.98. The number of para-hydroxylation sites is 2. The van der Waals surface area contributed by atoms with Gasteiger partial charge in [-0.05, 0) is 49.4 Å². The summed E-state index contributed by atoms with van der Waals surface area (Å²) in [5.74, 6) is -1.70. The maximum Gasteiger partial charge on any atom is 0.310 e. The van der Waals surface area contributed by atoms with E-state index in [0.29, 0.717) is 11.4 Å². The quantitative estimate of drug-likeness (QED) is 0.381. The topological polar surface area (TPSA) is 111 Å². The van der Waals surface area contributed by atoms with E-state index in [1.54, 1.807) is 18.2 Å². The Morgan fingerprint density at radius 2 is 1.75 bits per heavy atom. The van der Waals surface area contributed by atoms with Gasteiger partial charge in [-0.3, -0.25) is 19.7 Å². The van der Waals surface area contributed by atoms with Crippen molar-refractivity contribution in [2.45, 2.75) is 13.0 Å². The summed E-state index contributed by atoms with van der Waals surface area (Å²) >= 11 is 5.72. The molecule has 0 bridgehead atoms. The highest BCUT2D eigenvalue weighted by Crippen LogP contribution is 2.27. The van der Waals surface area contributed by atoms with E-state index >= 15 is 0 Å². The van der Waals surface area contributed by atoms with Crippen molar-refractivity contribution in [1.29, 1.82) is 0 Å². The molecule has 3 aromatic carbocycles. The molecule has 8 nitrogen and oxygen atoms in total. The molecule has 0 aromatic heterocycles. The third-order valence-electron chi connectivity index (χ3n) is 4.30. The highest BCUT2D eigenvalue weighted by Gasteiger charge is 2.21. The van der Waals surface area contributed by atoms with Crippen molar-refractivity contribution in [2.24, 2.45) is 0 Å². The van der Waals surface area contributed by atoms with E-state index < -0.39 is 28.7 Å². The van der Waals surface area contributed by atoms with Crippen LogP contribution < -0.4 is 15.4 Å². The summed E-state index contributed by atoms with van der Waals surface area (Å²) in [7, 11) is 0. The molecule has 0 spiro atoms. The first-order valence-corrected chi connectivity index (χ1v) is 9.70. The molecule has 3 aromatic rings. The van der Waals surface area contributed by atoms with Gasteiger partial charge in [-0.25, -0.2) is 4.39 Å². The molecule has 2 amide bonds. The van der Waals surface area contributed by atoms with Crippen LogP contribution >= 0.6 is 11.6 Å². The highest BCUT2D eigenvalue weighted by atomic mass is 35.5. The second-order valence-corrected chi connectivity index (χ2v) is 7.05. The summed E-state index contributed by atoms with van der Waals surface area (Å²) in [5.41, 5.74) is 0.599. The fraction of sp³-hybridized carbons (Fsp3) is 0.0909. The van der Waals surface area contributed by atoms with E-state index in [1.807, 2.05) is 0 Å². The van der Waals surface area contributed by atoms with Gasteiger partial charge < -0.3 is 15.4 Å². The van der Waals surface area contributed by atoms with Gasteiger partial charge in [-0.15, -0.1) is 0 Å².